The van der Waals surface area contributed by atoms with Crippen molar-refractivity contribution >= 4 is 34.2 Å². The van der Waals surface area contributed by atoms with E-state index in [1.165, 1.54) is 11.5 Å². The molecule has 0 amide bonds. The van der Waals surface area contributed by atoms with Gasteiger partial charge < -0.3 is 0 Å². The second-order valence-electron chi connectivity index (χ2n) is 9.38. The maximum absolute atomic E-state index is 4.02. The predicted molar refractivity (Wildman–Crippen MR) is 99.6 cm³/mol. The van der Waals surface area contributed by atoms with Crippen molar-refractivity contribution in [3.8, 4) is 0 Å². The quantitative estimate of drug-likeness (QED) is 0.558. The zero-order valence-electron chi connectivity index (χ0n) is 16.0. The molecule has 116 valence electrons. The molecule has 0 radical (unpaired) electrons. The third-order valence-corrected chi connectivity index (χ3v) is 15.0. The Morgan fingerprint density at radius 2 is 1.10 bits per heavy atom. The average Bonchev–Trinajstić information content (AvgIpc) is 2.12. The molecule has 5 heteroatoms. The SMILES string of the molecule is [Li][CH2]CC(N[Si](C)(C)C(C)(C)C)N[Si](C)(C)C(C)(C)C. The minimum absolute atomic E-state index is 0.383. The van der Waals surface area contributed by atoms with Crippen molar-refractivity contribution in [2.45, 2.75) is 95.5 Å². The summed E-state index contributed by atoms with van der Waals surface area (Å²) < 4.78 is 0. The van der Waals surface area contributed by atoms with E-state index in [0.717, 1.165) is 0 Å². The molecule has 2 nitrogen and oxygen atoms in total. The van der Waals surface area contributed by atoms with Crippen molar-refractivity contribution in [2.24, 2.45) is 0 Å². The molecule has 0 aromatic rings. The molecule has 0 saturated carbocycles. The van der Waals surface area contributed by atoms with Gasteiger partial charge in [0, 0.05) is 0 Å². The van der Waals surface area contributed by atoms with Crippen molar-refractivity contribution in [2.75, 3.05) is 0 Å². The average molecular weight is 309 g/mol. The second-order valence-corrected chi connectivity index (χ2v) is 19.5. The fourth-order valence-corrected chi connectivity index (χ4v) is 4.96. The zero-order valence-corrected chi connectivity index (χ0v) is 18.0. The fraction of sp³-hybridized carbons (Fsp3) is 1.00. The maximum atomic E-state index is 4.02. The molecule has 0 fully saturated rings. The molecule has 0 rings (SSSR count). The molecular formula is C15H37LiN2Si2. The second kappa shape index (κ2) is 7.02. The molecule has 0 aromatic carbocycles. The van der Waals surface area contributed by atoms with Gasteiger partial charge in [0.15, 0.2) is 0 Å². The van der Waals surface area contributed by atoms with Gasteiger partial charge in [0.25, 0.3) is 0 Å². The van der Waals surface area contributed by atoms with Crippen LogP contribution >= 0.6 is 0 Å². The van der Waals surface area contributed by atoms with E-state index in [-0.39, 0.29) is 0 Å². The predicted octanol–water partition coefficient (Wildman–Crippen LogP) is 4.48. The van der Waals surface area contributed by atoms with E-state index < -0.39 is 16.5 Å². The first kappa shape index (κ1) is 21.0. The molecular weight excluding hydrogens is 271 g/mol. The number of nitrogens with one attached hydrogen (secondary N) is 2. The van der Waals surface area contributed by atoms with Gasteiger partial charge in [-0.15, -0.1) is 0 Å². The van der Waals surface area contributed by atoms with Crippen molar-refractivity contribution in [1.29, 1.82) is 0 Å². The van der Waals surface area contributed by atoms with E-state index in [1.807, 2.05) is 0 Å². The summed E-state index contributed by atoms with van der Waals surface area (Å²) in [5.41, 5.74) is 0. The first-order valence-corrected chi connectivity index (χ1v) is 14.2. The van der Waals surface area contributed by atoms with Gasteiger partial charge in [-0.25, -0.2) is 0 Å². The molecule has 0 aliphatic heterocycles. The van der Waals surface area contributed by atoms with Crippen LogP contribution in [0.25, 0.3) is 0 Å². The molecule has 0 aliphatic rings. The van der Waals surface area contributed by atoms with Crippen molar-refractivity contribution < 1.29 is 0 Å². The van der Waals surface area contributed by atoms with E-state index in [1.54, 1.807) is 0 Å². The summed E-state index contributed by atoms with van der Waals surface area (Å²) in [6, 6.07) is 0. The number of hydrogen-bond donors (Lipinski definition) is 2. The molecule has 0 aromatic heterocycles. The third-order valence-electron chi connectivity index (χ3n) is 5.40. The van der Waals surface area contributed by atoms with Gasteiger partial charge >= 0.3 is 140 Å². The Balaban J connectivity index is 5.02. The molecule has 0 unspecified atom stereocenters. The van der Waals surface area contributed by atoms with Crippen LogP contribution < -0.4 is 9.96 Å². The van der Waals surface area contributed by atoms with Crippen LogP contribution in [0, 0.1) is 0 Å². The summed E-state index contributed by atoms with van der Waals surface area (Å²) in [5, 5.41) is 2.00. The van der Waals surface area contributed by atoms with E-state index in [2.05, 4.69) is 95.4 Å². The summed E-state index contributed by atoms with van der Waals surface area (Å²) in [5.74, 6) is 0. The normalized spacial score (nSPS) is 15.1. The molecule has 0 atom stereocenters. The molecule has 20 heavy (non-hydrogen) atoms. The van der Waals surface area contributed by atoms with Gasteiger partial charge in [0.2, 0.25) is 0 Å². The first-order chi connectivity index (χ1) is 8.64. The number of hydrogen-bond acceptors (Lipinski definition) is 2. The monoisotopic (exact) mass is 308 g/mol. The zero-order chi connectivity index (χ0) is 16.4. The van der Waals surface area contributed by atoms with Gasteiger partial charge in [0.05, 0.1) is 0 Å². The molecule has 0 spiro atoms. The summed E-state index contributed by atoms with van der Waals surface area (Å²) in [4.78, 5) is 8.05. The summed E-state index contributed by atoms with van der Waals surface area (Å²) >= 11 is 2.29. The van der Waals surface area contributed by atoms with E-state index in [0.29, 0.717) is 16.2 Å². The van der Waals surface area contributed by atoms with Crippen LogP contribution in [0.1, 0.15) is 48.0 Å². The van der Waals surface area contributed by atoms with Crippen LogP contribution in [0.5, 0.6) is 0 Å². The summed E-state index contributed by atoms with van der Waals surface area (Å²) in [6.07, 6.45) is 1.70. The van der Waals surface area contributed by atoms with Gasteiger partial charge in [0.1, 0.15) is 0 Å². The molecule has 0 aliphatic carbocycles. The van der Waals surface area contributed by atoms with Gasteiger partial charge in [-0.2, -0.15) is 0 Å². The van der Waals surface area contributed by atoms with Crippen LogP contribution in [0.3, 0.4) is 0 Å². The van der Waals surface area contributed by atoms with Crippen molar-refractivity contribution in [3.63, 3.8) is 0 Å². The topological polar surface area (TPSA) is 24.1 Å². The molecule has 2 N–H and O–H groups in total. The Hall–Kier alpha value is 0.951. The Morgan fingerprint density at radius 1 is 0.800 bits per heavy atom. The summed E-state index contributed by atoms with van der Waals surface area (Å²) in [7, 11) is -2.91. The third kappa shape index (κ3) is 5.98. The van der Waals surface area contributed by atoms with Gasteiger partial charge in [-0.05, 0) is 0 Å². The number of rotatable bonds is 6. The van der Waals surface area contributed by atoms with Crippen molar-refractivity contribution in [1.82, 2.24) is 9.96 Å². The van der Waals surface area contributed by atoms with Crippen LogP contribution in [-0.4, -0.2) is 40.4 Å². The van der Waals surface area contributed by atoms with Crippen LogP contribution in [0.15, 0.2) is 0 Å². The molecule has 0 heterocycles. The molecule has 0 saturated heterocycles. The van der Waals surface area contributed by atoms with Crippen LogP contribution in [-0.2, 0) is 0 Å². The van der Waals surface area contributed by atoms with Gasteiger partial charge in [-0.3, -0.25) is 0 Å². The fourth-order valence-electron chi connectivity index (χ4n) is 1.77. The Morgan fingerprint density at radius 3 is 1.30 bits per heavy atom. The Kier molecular flexibility index (Phi) is 7.35. The first-order valence-electron chi connectivity index (χ1n) is 8.19. The van der Waals surface area contributed by atoms with Crippen LogP contribution in [0.4, 0.5) is 0 Å². The van der Waals surface area contributed by atoms with E-state index in [4.69, 9.17) is 0 Å². The Labute approximate surface area is 139 Å². The van der Waals surface area contributed by atoms with Gasteiger partial charge in [-0.1, -0.05) is 0 Å². The molecule has 0 bridgehead atoms. The van der Waals surface area contributed by atoms with E-state index in [9.17, 15) is 0 Å². The van der Waals surface area contributed by atoms with Crippen LogP contribution in [0.2, 0.25) is 41.4 Å². The van der Waals surface area contributed by atoms with Crippen molar-refractivity contribution in [3.05, 3.63) is 0 Å². The minimum atomic E-state index is -1.45. The summed E-state index contributed by atoms with van der Waals surface area (Å²) in [6.45, 7) is 24.1. The van der Waals surface area contributed by atoms with E-state index >= 15 is 0 Å². The standard InChI is InChI=1S/C15H37N2Si2.Li/c1-12-13(16-18(8,9)14(2,3)4)17-19(10,11)15(5,6)7;/h13,16-17H,1,12H2,2-11H3;. The Bertz CT molecular complexity index is 276.